The largest absolute Gasteiger partial charge is 0.376 e. The molecule has 1 N–H and O–H groups in total. The minimum absolute atomic E-state index is 0.0286. The fraction of sp³-hybridized carbons (Fsp3) is 0.444. The van der Waals surface area contributed by atoms with E-state index < -0.39 is 5.92 Å². The van der Waals surface area contributed by atoms with Gasteiger partial charge < -0.3 is 19.9 Å². The molecule has 2 aromatic rings. The number of rotatable bonds is 8. The highest BCUT2D eigenvalue weighted by atomic mass is 16.5. The summed E-state index contributed by atoms with van der Waals surface area (Å²) in [5.74, 6) is -0.883. The fourth-order valence-corrected chi connectivity index (χ4v) is 4.67. The van der Waals surface area contributed by atoms with E-state index >= 15 is 0 Å². The number of likely N-dealkylation sites (tertiary alicyclic amines) is 1. The number of hydrogen-bond acceptors (Lipinski definition) is 4. The van der Waals surface area contributed by atoms with Crippen LogP contribution in [0.3, 0.4) is 0 Å². The number of ether oxygens (including phenoxy) is 1. The first-order valence-electron chi connectivity index (χ1n) is 12.0. The van der Waals surface area contributed by atoms with E-state index in [2.05, 4.69) is 5.32 Å². The molecular formula is C27H33N3O4. The van der Waals surface area contributed by atoms with Crippen molar-refractivity contribution in [1.82, 2.24) is 9.80 Å². The van der Waals surface area contributed by atoms with Crippen LogP contribution < -0.4 is 5.32 Å². The van der Waals surface area contributed by atoms with Crippen molar-refractivity contribution in [3.05, 3.63) is 65.2 Å². The van der Waals surface area contributed by atoms with Crippen LogP contribution in [0.2, 0.25) is 0 Å². The van der Waals surface area contributed by atoms with E-state index in [-0.39, 0.29) is 36.8 Å². The van der Waals surface area contributed by atoms with Crippen LogP contribution in [0.1, 0.15) is 36.0 Å². The van der Waals surface area contributed by atoms with Crippen molar-refractivity contribution in [3.63, 3.8) is 0 Å². The number of amides is 3. The Hall–Kier alpha value is -3.19. The summed E-state index contributed by atoms with van der Waals surface area (Å²) in [7, 11) is 0. The molecule has 0 aliphatic carbocycles. The SMILES string of the molecule is Cc1cccc(NC(=O)CN(C[C@H]2CCCO2)C(=O)[C@H]2CC(=O)N(Cc3ccccc3)C2)c1C. The number of carbonyl (C=O) groups is 3. The lowest BCUT2D eigenvalue weighted by Crippen LogP contribution is -2.45. The maximum Gasteiger partial charge on any atom is 0.244 e. The van der Waals surface area contributed by atoms with Crippen LogP contribution in [0.25, 0.3) is 0 Å². The third kappa shape index (κ3) is 5.83. The second-order valence-corrected chi connectivity index (χ2v) is 9.31. The molecule has 0 spiro atoms. The third-order valence-corrected chi connectivity index (χ3v) is 6.75. The second-order valence-electron chi connectivity index (χ2n) is 9.31. The Morgan fingerprint density at radius 2 is 1.91 bits per heavy atom. The monoisotopic (exact) mass is 463 g/mol. The number of aryl methyl sites for hydroxylation is 1. The average molecular weight is 464 g/mol. The van der Waals surface area contributed by atoms with Crippen LogP contribution >= 0.6 is 0 Å². The maximum absolute atomic E-state index is 13.5. The van der Waals surface area contributed by atoms with Gasteiger partial charge in [-0.25, -0.2) is 0 Å². The van der Waals surface area contributed by atoms with Gasteiger partial charge in [-0.05, 0) is 49.4 Å². The summed E-state index contributed by atoms with van der Waals surface area (Å²) in [6, 6.07) is 15.5. The van der Waals surface area contributed by atoms with Gasteiger partial charge in [0, 0.05) is 38.3 Å². The lowest BCUT2D eigenvalue weighted by Gasteiger charge is -2.27. The second kappa shape index (κ2) is 10.8. The summed E-state index contributed by atoms with van der Waals surface area (Å²) in [6.45, 7) is 5.80. The van der Waals surface area contributed by atoms with Gasteiger partial charge >= 0.3 is 0 Å². The van der Waals surface area contributed by atoms with Crippen LogP contribution in [0, 0.1) is 19.8 Å². The summed E-state index contributed by atoms with van der Waals surface area (Å²) < 4.78 is 5.75. The van der Waals surface area contributed by atoms with E-state index in [0.717, 1.165) is 35.2 Å². The highest BCUT2D eigenvalue weighted by molar-refractivity contribution is 5.96. The summed E-state index contributed by atoms with van der Waals surface area (Å²) in [6.07, 6.45) is 1.92. The molecule has 2 aromatic carbocycles. The molecule has 0 bridgehead atoms. The van der Waals surface area contributed by atoms with Crippen LogP contribution in [0.4, 0.5) is 5.69 Å². The Morgan fingerprint density at radius 1 is 1.12 bits per heavy atom. The van der Waals surface area contributed by atoms with E-state index in [1.165, 1.54) is 0 Å². The number of nitrogens with zero attached hydrogens (tertiary/aromatic N) is 2. The van der Waals surface area contributed by atoms with Crippen LogP contribution in [-0.2, 0) is 25.7 Å². The van der Waals surface area contributed by atoms with Gasteiger partial charge in [0.2, 0.25) is 17.7 Å². The van der Waals surface area contributed by atoms with Crippen LogP contribution in [-0.4, -0.2) is 59.9 Å². The Morgan fingerprint density at radius 3 is 2.65 bits per heavy atom. The highest BCUT2D eigenvalue weighted by Crippen LogP contribution is 2.24. The molecule has 0 unspecified atom stereocenters. The Balaban J connectivity index is 1.43. The van der Waals surface area contributed by atoms with Gasteiger partial charge in [0.25, 0.3) is 0 Å². The summed E-state index contributed by atoms with van der Waals surface area (Å²) in [5.41, 5.74) is 3.88. The number of anilines is 1. The normalized spacial score (nSPS) is 19.9. The minimum Gasteiger partial charge on any atom is -0.376 e. The van der Waals surface area contributed by atoms with Crippen molar-refractivity contribution >= 4 is 23.4 Å². The Bertz CT molecular complexity index is 1030. The first-order valence-corrected chi connectivity index (χ1v) is 12.0. The zero-order valence-electron chi connectivity index (χ0n) is 20.0. The molecule has 3 amide bonds. The summed E-state index contributed by atoms with van der Waals surface area (Å²) in [4.78, 5) is 42.4. The van der Waals surface area contributed by atoms with E-state index in [1.807, 2.05) is 62.4 Å². The molecule has 7 heteroatoms. The van der Waals surface area contributed by atoms with E-state index in [9.17, 15) is 14.4 Å². The van der Waals surface area contributed by atoms with E-state index in [1.54, 1.807) is 9.80 Å². The average Bonchev–Trinajstić information content (AvgIpc) is 3.46. The van der Waals surface area contributed by atoms with Crippen molar-refractivity contribution in [2.24, 2.45) is 5.92 Å². The predicted molar refractivity (Wildman–Crippen MR) is 130 cm³/mol. The number of hydrogen-bond donors (Lipinski definition) is 1. The molecule has 2 saturated heterocycles. The van der Waals surface area contributed by atoms with Crippen LogP contribution in [0.15, 0.2) is 48.5 Å². The topological polar surface area (TPSA) is 79.0 Å². The molecule has 0 aromatic heterocycles. The third-order valence-electron chi connectivity index (χ3n) is 6.75. The molecule has 7 nitrogen and oxygen atoms in total. The summed E-state index contributed by atoms with van der Waals surface area (Å²) in [5, 5.41) is 2.95. The lowest BCUT2D eigenvalue weighted by molar-refractivity contribution is -0.139. The van der Waals surface area contributed by atoms with Gasteiger partial charge in [-0.15, -0.1) is 0 Å². The van der Waals surface area contributed by atoms with Crippen LogP contribution in [0.5, 0.6) is 0 Å². The predicted octanol–water partition coefficient (Wildman–Crippen LogP) is 3.30. The van der Waals surface area contributed by atoms with Crippen molar-refractivity contribution in [3.8, 4) is 0 Å². The molecule has 2 heterocycles. The molecule has 0 radical (unpaired) electrons. The Labute approximate surface area is 201 Å². The summed E-state index contributed by atoms with van der Waals surface area (Å²) >= 11 is 0. The molecule has 0 saturated carbocycles. The number of nitrogens with one attached hydrogen (secondary N) is 1. The van der Waals surface area contributed by atoms with Gasteiger partial charge in [0.05, 0.1) is 18.6 Å². The smallest absolute Gasteiger partial charge is 0.244 e. The van der Waals surface area contributed by atoms with Crippen molar-refractivity contribution in [2.45, 2.75) is 45.8 Å². The van der Waals surface area contributed by atoms with Gasteiger partial charge in [0.15, 0.2) is 0 Å². The maximum atomic E-state index is 13.5. The first kappa shape index (κ1) is 24.0. The highest BCUT2D eigenvalue weighted by Gasteiger charge is 2.38. The van der Waals surface area contributed by atoms with E-state index in [4.69, 9.17) is 4.74 Å². The molecule has 2 atom stereocenters. The molecule has 2 aliphatic rings. The number of benzene rings is 2. The molecule has 180 valence electrons. The van der Waals surface area contributed by atoms with Gasteiger partial charge in [0.1, 0.15) is 0 Å². The molecule has 4 rings (SSSR count). The first-order chi connectivity index (χ1) is 16.4. The van der Waals surface area contributed by atoms with Crippen molar-refractivity contribution in [1.29, 1.82) is 0 Å². The molecule has 34 heavy (non-hydrogen) atoms. The van der Waals surface area contributed by atoms with E-state index in [0.29, 0.717) is 26.2 Å². The quantitative estimate of drug-likeness (QED) is 0.652. The molecule has 2 fully saturated rings. The van der Waals surface area contributed by atoms with Gasteiger partial charge in [-0.1, -0.05) is 42.5 Å². The van der Waals surface area contributed by atoms with Gasteiger partial charge in [-0.2, -0.15) is 0 Å². The van der Waals surface area contributed by atoms with Crippen molar-refractivity contribution in [2.75, 3.05) is 31.6 Å². The lowest BCUT2D eigenvalue weighted by atomic mass is 10.1. The molecule has 2 aliphatic heterocycles. The van der Waals surface area contributed by atoms with Gasteiger partial charge in [-0.3, -0.25) is 14.4 Å². The standard InChI is InChI=1S/C27H33N3O4/c1-19-8-6-12-24(20(19)2)28-25(31)18-30(17-23-11-7-13-34-23)27(33)22-14-26(32)29(16-22)15-21-9-4-3-5-10-21/h3-6,8-10,12,22-23H,7,11,13-18H2,1-2H3,(H,28,31)/t22-,23+/m0/s1. The zero-order chi connectivity index (χ0) is 24.1. The molecular weight excluding hydrogens is 430 g/mol. The van der Waals surface area contributed by atoms with Crippen molar-refractivity contribution < 1.29 is 19.1 Å². The fourth-order valence-electron chi connectivity index (χ4n) is 4.67. The Kier molecular flexibility index (Phi) is 7.63. The zero-order valence-corrected chi connectivity index (χ0v) is 20.0. The number of carbonyl (C=O) groups excluding carboxylic acids is 3. The minimum atomic E-state index is -0.453.